The lowest BCUT2D eigenvalue weighted by atomic mass is 10.00. The number of non-ortho nitro benzene ring substituents is 1. The molecule has 22 heavy (non-hydrogen) atoms. The fraction of sp³-hybridized carbons (Fsp3) is 0.0556. The van der Waals surface area contributed by atoms with Crippen LogP contribution in [0.25, 0.3) is 10.8 Å². The van der Waals surface area contributed by atoms with E-state index < -0.39 is 4.92 Å². The van der Waals surface area contributed by atoms with E-state index in [0.717, 1.165) is 16.3 Å². The number of nitro benzene ring substituents is 1. The molecule has 0 aliphatic rings. The largest absolute Gasteiger partial charge is 0.294 e. The molecule has 4 heteroatoms. The molecule has 0 saturated heterocycles. The van der Waals surface area contributed by atoms with Crippen LogP contribution >= 0.6 is 0 Å². The molecule has 0 aliphatic carbocycles. The number of ketones is 1. The third kappa shape index (κ3) is 2.86. The van der Waals surface area contributed by atoms with E-state index in [0.29, 0.717) is 5.56 Å². The Morgan fingerprint density at radius 1 is 0.909 bits per heavy atom. The van der Waals surface area contributed by atoms with Gasteiger partial charge in [0.25, 0.3) is 5.69 Å². The van der Waals surface area contributed by atoms with E-state index in [-0.39, 0.29) is 17.9 Å². The van der Waals surface area contributed by atoms with Gasteiger partial charge in [-0.25, -0.2) is 0 Å². The number of Topliss-reactive ketones (excluding diaryl/α,β-unsaturated/α-hetero) is 1. The van der Waals surface area contributed by atoms with Gasteiger partial charge in [0.2, 0.25) is 0 Å². The zero-order valence-corrected chi connectivity index (χ0v) is 11.7. The molecule has 108 valence electrons. The van der Waals surface area contributed by atoms with Crippen molar-refractivity contribution in [1.82, 2.24) is 0 Å². The minimum Gasteiger partial charge on any atom is -0.294 e. The highest BCUT2D eigenvalue weighted by molar-refractivity contribution is 6.01. The second-order valence-electron chi connectivity index (χ2n) is 5.09. The van der Waals surface area contributed by atoms with E-state index in [9.17, 15) is 14.9 Å². The van der Waals surface area contributed by atoms with Crippen LogP contribution in [0.5, 0.6) is 0 Å². The zero-order chi connectivity index (χ0) is 15.5. The van der Waals surface area contributed by atoms with Gasteiger partial charge in [0, 0.05) is 24.1 Å². The topological polar surface area (TPSA) is 60.2 Å². The number of carbonyl (C=O) groups is 1. The molecule has 3 rings (SSSR count). The summed E-state index contributed by atoms with van der Waals surface area (Å²) in [5.74, 6) is -0.000365. The van der Waals surface area contributed by atoms with Crippen LogP contribution in [0.1, 0.15) is 15.9 Å². The molecule has 3 aromatic rings. The highest BCUT2D eigenvalue weighted by Crippen LogP contribution is 2.18. The Hall–Kier alpha value is -3.01. The number of carbonyl (C=O) groups excluding carboxylic acids is 1. The predicted molar refractivity (Wildman–Crippen MR) is 85.1 cm³/mol. The van der Waals surface area contributed by atoms with Crippen LogP contribution in [-0.4, -0.2) is 10.7 Å². The Morgan fingerprint density at radius 2 is 1.59 bits per heavy atom. The molecule has 0 fully saturated rings. The highest BCUT2D eigenvalue weighted by Gasteiger charge is 2.10. The zero-order valence-electron chi connectivity index (χ0n) is 11.7. The van der Waals surface area contributed by atoms with Crippen molar-refractivity contribution in [2.75, 3.05) is 0 Å². The van der Waals surface area contributed by atoms with Crippen molar-refractivity contribution in [2.24, 2.45) is 0 Å². The number of nitro groups is 1. The van der Waals surface area contributed by atoms with Crippen molar-refractivity contribution in [2.45, 2.75) is 6.42 Å². The summed E-state index contributed by atoms with van der Waals surface area (Å²) in [6.45, 7) is 0. The summed E-state index contributed by atoms with van der Waals surface area (Å²) in [5.41, 5.74) is 1.45. The first-order valence-corrected chi connectivity index (χ1v) is 6.89. The standard InChI is InChI=1S/C18H13NO3/c20-18(11-13-5-9-17(10-6-13)19(21)22)16-8-7-14-3-1-2-4-15(14)12-16/h1-10,12H,11H2. The van der Waals surface area contributed by atoms with Gasteiger partial charge >= 0.3 is 0 Å². The third-order valence-electron chi connectivity index (χ3n) is 3.58. The highest BCUT2D eigenvalue weighted by atomic mass is 16.6. The maximum Gasteiger partial charge on any atom is 0.269 e. The number of hydrogen-bond donors (Lipinski definition) is 0. The van der Waals surface area contributed by atoms with Crippen molar-refractivity contribution in [3.05, 3.63) is 88.0 Å². The van der Waals surface area contributed by atoms with E-state index in [1.54, 1.807) is 12.1 Å². The summed E-state index contributed by atoms with van der Waals surface area (Å²) in [7, 11) is 0. The van der Waals surface area contributed by atoms with E-state index in [2.05, 4.69) is 0 Å². The second kappa shape index (κ2) is 5.77. The molecule has 0 saturated carbocycles. The van der Waals surface area contributed by atoms with Crippen LogP contribution < -0.4 is 0 Å². The lowest BCUT2D eigenvalue weighted by Crippen LogP contribution is -2.03. The Morgan fingerprint density at radius 3 is 2.27 bits per heavy atom. The Labute approximate surface area is 127 Å². The molecule has 0 amide bonds. The van der Waals surface area contributed by atoms with Crippen molar-refractivity contribution >= 4 is 22.2 Å². The fourth-order valence-corrected chi connectivity index (χ4v) is 2.39. The number of nitrogens with zero attached hydrogens (tertiary/aromatic N) is 1. The average Bonchev–Trinajstić information content (AvgIpc) is 2.55. The van der Waals surface area contributed by atoms with Gasteiger partial charge in [-0.05, 0) is 22.4 Å². The molecule has 0 radical (unpaired) electrons. The molecule has 3 aromatic carbocycles. The first kappa shape index (κ1) is 13.9. The maximum absolute atomic E-state index is 12.3. The van der Waals surface area contributed by atoms with Crippen molar-refractivity contribution < 1.29 is 9.72 Å². The lowest BCUT2D eigenvalue weighted by Gasteiger charge is -2.04. The minimum absolute atomic E-state index is 0.000365. The number of rotatable bonds is 4. The summed E-state index contributed by atoms with van der Waals surface area (Å²) in [5, 5.41) is 12.7. The van der Waals surface area contributed by atoms with Gasteiger partial charge in [-0.15, -0.1) is 0 Å². The molecule has 0 aliphatic heterocycles. The van der Waals surface area contributed by atoms with Crippen LogP contribution in [-0.2, 0) is 6.42 Å². The van der Waals surface area contributed by atoms with E-state index in [4.69, 9.17) is 0 Å². The van der Waals surface area contributed by atoms with E-state index in [1.165, 1.54) is 12.1 Å². The van der Waals surface area contributed by atoms with Gasteiger partial charge in [0.15, 0.2) is 5.78 Å². The van der Waals surface area contributed by atoms with Gasteiger partial charge in [0.1, 0.15) is 0 Å². The van der Waals surface area contributed by atoms with Crippen LogP contribution in [0, 0.1) is 10.1 Å². The molecule has 0 spiro atoms. The molecular weight excluding hydrogens is 278 g/mol. The molecule has 0 N–H and O–H groups in total. The number of benzene rings is 3. The maximum atomic E-state index is 12.3. The van der Waals surface area contributed by atoms with Crippen molar-refractivity contribution in [3.8, 4) is 0 Å². The predicted octanol–water partition coefficient (Wildman–Crippen LogP) is 4.17. The smallest absolute Gasteiger partial charge is 0.269 e. The van der Waals surface area contributed by atoms with E-state index >= 15 is 0 Å². The summed E-state index contributed by atoms with van der Waals surface area (Å²) in [6.07, 6.45) is 0.232. The summed E-state index contributed by atoms with van der Waals surface area (Å²) < 4.78 is 0. The molecule has 0 aromatic heterocycles. The first-order chi connectivity index (χ1) is 10.6. The Balaban J connectivity index is 1.81. The van der Waals surface area contributed by atoms with Crippen LogP contribution in [0.15, 0.2) is 66.7 Å². The third-order valence-corrected chi connectivity index (χ3v) is 3.58. The van der Waals surface area contributed by atoms with Crippen molar-refractivity contribution in [1.29, 1.82) is 0 Å². The molecule has 4 nitrogen and oxygen atoms in total. The van der Waals surface area contributed by atoms with E-state index in [1.807, 2.05) is 42.5 Å². The summed E-state index contributed by atoms with van der Waals surface area (Å²) in [4.78, 5) is 22.5. The molecular formula is C18H13NO3. The van der Waals surface area contributed by atoms with Gasteiger partial charge < -0.3 is 0 Å². The van der Waals surface area contributed by atoms with Gasteiger partial charge in [-0.2, -0.15) is 0 Å². The normalized spacial score (nSPS) is 10.5. The molecule has 0 heterocycles. The quantitative estimate of drug-likeness (QED) is 0.411. The summed E-state index contributed by atoms with van der Waals surface area (Å²) in [6, 6.07) is 19.6. The first-order valence-electron chi connectivity index (χ1n) is 6.89. The van der Waals surface area contributed by atoms with Crippen LogP contribution in [0.2, 0.25) is 0 Å². The monoisotopic (exact) mass is 291 g/mol. The molecule has 0 unspecified atom stereocenters. The average molecular weight is 291 g/mol. The summed E-state index contributed by atoms with van der Waals surface area (Å²) >= 11 is 0. The minimum atomic E-state index is -0.449. The fourth-order valence-electron chi connectivity index (χ4n) is 2.39. The van der Waals surface area contributed by atoms with Crippen LogP contribution in [0.3, 0.4) is 0 Å². The lowest BCUT2D eigenvalue weighted by molar-refractivity contribution is -0.384. The SMILES string of the molecule is O=C(Cc1ccc([N+](=O)[O-])cc1)c1ccc2ccccc2c1. The van der Waals surface area contributed by atoms with Crippen LogP contribution in [0.4, 0.5) is 5.69 Å². The molecule has 0 bridgehead atoms. The van der Waals surface area contributed by atoms with Gasteiger partial charge in [-0.3, -0.25) is 14.9 Å². The number of fused-ring (bicyclic) bond motifs is 1. The van der Waals surface area contributed by atoms with Gasteiger partial charge in [-0.1, -0.05) is 48.5 Å². The van der Waals surface area contributed by atoms with Crippen molar-refractivity contribution in [3.63, 3.8) is 0 Å². The van der Waals surface area contributed by atoms with Gasteiger partial charge in [0.05, 0.1) is 4.92 Å². The number of hydrogen-bond acceptors (Lipinski definition) is 3. The Kier molecular flexibility index (Phi) is 3.66. The molecule has 0 atom stereocenters. The second-order valence-corrected chi connectivity index (χ2v) is 5.09. The Bertz CT molecular complexity index is 854.